The van der Waals surface area contributed by atoms with E-state index in [2.05, 4.69) is 20.8 Å². The summed E-state index contributed by atoms with van der Waals surface area (Å²) in [7, 11) is 2.75. The van der Waals surface area contributed by atoms with Gasteiger partial charge in [0.15, 0.2) is 18.1 Å². The van der Waals surface area contributed by atoms with E-state index < -0.39 is 11.9 Å². The third-order valence-electron chi connectivity index (χ3n) is 4.71. The van der Waals surface area contributed by atoms with Gasteiger partial charge in [0.05, 0.1) is 50.4 Å². The molecule has 0 spiro atoms. The summed E-state index contributed by atoms with van der Waals surface area (Å²) < 4.78 is 20.6. The SMILES string of the molecule is CCOC(=O)Cc1csc(NN=Cc2ccc(OCC(=O)Nc3ccccc3C(=O)OC)c(OC)c2)n1. The van der Waals surface area contributed by atoms with Crippen LogP contribution < -0.4 is 20.2 Å². The molecule has 37 heavy (non-hydrogen) atoms. The van der Waals surface area contributed by atoms with Crippen molar-refractivity contribution in [2.45, 2.75) is 13.3 Å². The standard InChI is InChI=1S/C25H26N4O7S/c1-4-35-23(31)12-17-15-37-25(27-17)29-26-13-16-9-10-20(21(11-16)33-2)36-14-22(30)28-19-8-6-5-7-18(19)24(32)34-3/h5-11,13,15H,4,12,14H2,1-3H3,(H,27,29)(H,28,30). The second kappa shape index (κ2) is 13.6. The predicted molar refractivity (Wildman–Crippen MR) is 139 cm³/mol. The predicted octanol–water partition coefficient (Wildman–Crippen LogP) is 3.51. The van der Waals surface area contributed by atoms with E-state index in [0.717, 1.165) is 0 Å². The van der Waals surface area contributed by atoms with Crippen LogP contribution in [0.3, 0.4) is 0 Å². The summed E-state index contributed by atoms with van der Waals surface area (Å²) in [5.74, 6) is -0.595. The number of para-hydroxylation sites is 1. The molecule has 0 atom stereocenters. The molecule has 2 N–H and O–H groups in total. The number of anilines is 2. The molecule has 3 rings (SSSR count). The van der Waals surface area contributed by atoms with Crippen LogP contribution in [0.1, 0.15) is 28.5 Å². The first-order chi connectivity index (χ1) is 17.9. The third kappa shape index (κ3) is 8.04. The normalized spacial score (nSPS) is 10.6. The average molecular weight is 527 g/mol. The number of nitrogens with one attached hydrogen (secondary N) is 2. The van der Waals surface area contributed by atoms with Crippen LogP contribution in [0.2, 0.25) is 0 Å². The van der Waals surface area contributed by atoms with Gasteiger partial charge in [-0.2, -0.15) is 5.10 Å². The Morgan fingerprint density at radius 2 is 1.92 bits per heavy atom. The smallest absolute Gasteiger partial charge is 0.339 e. The molecular formula is C25H26N4O7S. The first-order valence-corrected chi connectivity index (χ1v) is 12.0. The number of hydrogen-bond acceptors (Lipinski definition) is 11. The van der Waals surface area contributed by atoms with E-state index >= 15 is 0 Å². The molecule has 1 amide bonds. The van der Waals surface area contributed by atoms with Gasteiger partial charge in [0.2, 0.25) is 5.13 Å². The van der Waals surface area contributed by atoms with E-state index in [1.165, 1.54) is 25.6 Å². The van der Waals surface area contributed by atoms with Crippen molar-refractivity contribution in [1.29, 1.82) is 0 Å². The lowest BCUT2D eigenvalue weighted by Crippen LogP contribution is -2.22. The number of carbonyl (C=O) groups is 3. The summed E-state index contributed by atoms with van der Waals surface area (Å²) in [5, 5.41) is 9.08. The summed E-state index contributed by atoms with van der Waals surface area (Å²) >= 11 is 1.32. The number of rotatable bonds is 12. The Bertz CT molecular complexity index is 1280. The number of thiazole rings is 1. The molecule has 0 fully saturated rings. The number of carbonyl (C=O) groups excluding carboxylic acids is 3. The zero-order valence-electron chi connectivity index (χ0n) is 20.5. The lowest BCUT2D eigenvalue weighted by molar-refractivity contribution is -0.142. The number of hydrazone groups is 1. The fraction of sp³-hybridized carbons (Fsp3) is 0.240. The van der Waals surface area contributed by atoms with Crippen LogP contribution >= 0.6 is 11.3 Å². The molecule has 0 aliphatic carbocycles. The summed E-state index contributed by atoms with van der Waals surface area (Å²) in [4.78, 5) is 40.1. The van der Waals surface area contributed by atoms with Crippen LogP contribution in [0.5, 0.6) is 11.5 Å². The van der Waals surface area contributed by atoms with Gasteiger partial charge in [-0.1, -0.05) is 12.1 Å². The molecule has 0 unspecified atom stereocenters. The van der Waals surface area contributed by atoms with Crippen LogP contribution in [-0.4, -0.2) is 56.5 Å². The summed E-state index contributed by atoms with van der Waals surface area (Å²) in [6.45, 7) is 1.77. The number of hydrogen-bond donors (Lipinski definition) is 2. The van der Waals surface area contributed by atoms with Crippen LogP contribution in [0.4, 0.5) is 10.8 Å². The minimum atomic E-state index is -0.558. The summed E-state index contributed by atoms with van der Waals surface area (Å²) in [6.07, 6.45) is 1.67. The average Bonchev–Trinajstić information content (AvgIpc) is 3.34. The molecule has 1 heterocycles. The second-order valence-corrected chi connectivity index (χ2v) is 8.14. The number of esters is 2. The minimum absolute atomic E-state index is 0.101. The van der Waals surface area contributed by atoms with Gasteiger partial charge >= 0.3 is 11.9 Å². The van der Waals surface area contributed by atoms with E-state index in [-0.39, 0.29) is 24.6 Å². The Morgan fingerprint density at radius 3 is 2.68 bits per heavy atom. The Kier molecular flexibility index (Phi) is 9.97. The van der Waals surface area contributed by atoms with Gasteiger partial charge in [0.1, 0.15) is 0 Å². The van der Waals surface area contributed by atoms with Crippen molar-refractivity contribution in [3.8, 4) is 11.5 Å². The number of methoxy groups -OCH3 is 2. The first kappa shape index (κ1) is 27.1. The highest BCUT2D eigenvalue weighted by Crippen LogP contribution is 2.28. The van der Waals surface area contributed by atoms with Gasteiger partial charge in [-0.3, -0.25) is 15.0 Å². The molecule has 0 saturated carbocycles. The molecule has 194 valence electrons. The monoisotopic (exact) mass is 526 g/mol. The van der Waals surface area contributed by atoms with Crippen molar-refractivity contribution >= 4 is 46.2 Å². The van der Waals surface area contributed by atoms with Crippen molar-refractivity contribution in [2.24, 2.45) is 5.10 Å². The Morgan fingerprint density at radius 1 is 1.11 bits per heavy atom. The maximum absolute atomic E-state index is 12.4. The maximum Gasteiger partial charge on any atom is 0.339 e. The molecule has 3 aromatic rings. The van der Waals surface area contributed by atoms with E-state index in [4.69, 9.17) is 18.9 Å². The van der Waals surface area contributed by atoms with Crippen LogP contribution in [0, 0.1) is 0 Å². The van der Waals surface area contributed by atoms with Crippen LogP contribution in [0.25, 0.3) is 0 Å². The lowest BCUT2D eigenvalue weighted by Gasteiger charge is -2.12. The van der Waals surface area contributed by atoms with Crippen molar-refractivity contribution < 1.29 is 33.3 Å². The molecule has 0 bridgehead atoms. The Labute approximate surface area is 217 Å². The highest BCUT2D eigenvalue weighted by molar-refractivity contribution is 7.13. The van der Waals surface area contributed by atoms with Gasteiger partial charge in [-0.15, -0.1) is 11.3 Å². The van der Waals surface area contributed by atoms with Crippen molar-refractivity contribution in [3.63, 3.8) is 0 Å². The lowest BCUT2D eigenvalue weighted by atomic mass is 10.2. The van der Waals surface area contributed by atoms with E-state index in [9.17, 15) is 14.4 Å². The van der Waals surface area contributed by atoms with Gasteiger partial charge < -0.3 is 24.3 Å². The van der Waals surface area contributed by atoms with Gasteiger partial charge in [-0.25, -0.2) is 9.78 Å². The van der Waals surface area contributed by atoms with Crippen molar-refractivity contribution in [2.75, 3.05) is 38.2 Å². The van der Waals surface area contributed by atoms with Crippen molar-refractivity contribution in [3.05, 3.63) is 64.7 Å². The highest BCUT2D eigenvalue weighted by Gasteiger charge is 2.14. The molecule has 0 radical (unpaired) electrons. The third-order valence-corrected chi connectivity index (χ3v) is 5.51. The summed E-state index contributed by atoms with van der Waals surface area (Å²) in [6, 6.07) is 11.6. The molecule has 0 aliphatic rings. The summed E-state index contributed by atoms with van der Waals surface area (Å²) in [5.41, 5.74) is 4.68. The number of ether oxygens (including phenoxy) is 4. The topological polar surface area (TPSA) is 137 Å². The van der Waals surface area contributed by atoms with Crippen LogP contribution in [-0.2, 0) is 25.5 Å². The number of amides is 1. The molecule has 12 heteroatoms. The highest BCUT2D eigenvalue weighted by atomic mass is 32.1. The first-order valence-electron chi connectivity index (χ1n) is 11.1. The molecular weight excluding hydrogens is 500 g/mol. The Hall–Kier alpha value is -4.45. The van der Waals surface area contributed by atoms with Gasteiger partial charge in [0.25, 0.3) is 5.91 Å². The zero-order chi connectivity index (χ0) is 26.6. The van der Waals surface area contributed by atoms with E-state index in [0.29, 0.717) is 40.2 Å². The fourth-order valence-corrected chi connectivity index (χ4v) is 3.71. The van der Waals surface area contributed by atoms with E-state index in [1.54, 1.807) is 61.0 Å². The number of aromatic nitrogens is 1. The maximum atomic E-state index is 12.4. The molecule has 11 nitrogen and oxygen atoms in total. The number of nitrogens with zero attached hydrogens (tertiary/aromatic N) is 2. The van der Waals surface area contributed by atoms with Gasteiger partial charge in [-0.05, 0) is 42.8 Å². The van der Waals surface area contributed by atoms with Crippen molar-refractivity contribution in [1.82, 2.24) is 4.98 Å². The molecule has 0 saturated heterocycles. The molecule has 2 aromatic carbocycles. The zero-order valence-corrected chi connectivity index (χ0v) is 21.3. The largest absolute Gasteiger partial charge is 0.493 e. The van der Waals surface area contributed by atoms with E-state index in [1.807, 2.05) is 0 Å². The second-order valence-electron chi connectivity index (χ2n) is 7.28. The fourth-order valence-electron chi connectivity index (χ4n) is 3.05. The molecule has 0 aliphatic heterocycles. The quantitative estimate of drug-likeness (QED) is 0.206. The number of benzene rings is 2. The van der Waals surface area contributed by atoms with Gasteiger partial charge in [0, 0.05) is 5.38 Å². The Balaban J connectivity index is 1.56. The van der Waals surface area contributed by atoms with Crippen LogP contribution in [0.15, 0.2) is 52.9 Å². The molecule has 1 aromatic heterocycles. The minimum Gasteiger partial charge on any atom is -0.493 e.